The van der Waals surface area contributed by atoms with E-state index < -0.39 is 6.18 Å². The van der Waals surface area contributed by atoms with Crippen LogP contribution in [-0.2, 0) is 0 Å². The normalized spacial score (nSPS) is 31.6. The van der Waals surface area contributed by atoms with Crippen LogP contribution in [0.4, 0.5) is 13.2 Å². The zero-order valence-electron chi connectivity index (χ0n) is 7.28. The Bertz CT molecular complexity index is 190. The average Bonchev–Trinajstić information content (AvgIpc) is 1.92. The highest BCUT2D eigenvalue weighted by Crippen LogP contribution is 2.37. The lowest BCUT2D eigenvalue weighted by molar-refractivity contribution is -0.0971. The Labute approximate surface area is 70.5 Å². The van der Waals surface area contributed by atoms with Crippen molar-refractivity contribution >= 4 is 0 Å². The fourth-order valence-electron chi connectivity index (χ4n) is 1.42. The highest BCUT2D eigenvalue weighted by atomic mass is 19.4. The summed E-state index contributed by atoms with van der Waals surface area (Å²) >= 11 is 0. The van der Waals surface area contributed by atoms with Gasteiger partial charge in [0, 0.05) is 5.57 Å². The van der Waals surface area contributed by atoms with Gasteiger partial charge in [0.05, 0.1) is 0 Å². The van der Waals surface area contributed by atoms with Crippen LogP contribution in [0.2, 0.25) is 0 Å². The van der Waals surface area contributed by atoms with E-state index in [1.807, 2.05) is 13.8 Å². The van der Waals surface area contributed by atoms with Crippen molar-refractivity contribution in [3.8, 4) is 0 Å². The van der Waals surface area contributed by atoms with Crippen molar-refractivity contribution in [1.29, 1.82) is 0 Å². The maximum Gasteiger partial charge on any atom is 0.412 e. The number of hydrogen-bond donors (Lipinski definition) is 0. The third kappa shape index (κ3) is 2.02. The Balaban J connectivity index is 2.71. The first kappa shape index (κ1) is 9.62. The van der Waals surface area contributed by atoms with E-state index in [0.717, 1.165) is 0 Å². The van der Waals surface area contributed by atoms with E-state index in [9.17, 15) is 13.2 Å². The summed E-state index contributed by atoms with van der Waals surface area (Å²) in [6.45, 7) is 3.87. The fourth-order valence-corrected chi connectivity index (χ4v) is 1.42. The molecule has 70 valence electrons. The van der Waals surface area contributed by atoms with Crippen LogP contribution < -0.4 is 0 Å². The van der Waals surface area contributed by atoms with E-state index >= 15 is 0 Å². The van der Waals surface area contributed by atoms with Crippen LogP contribution in [0.5, 0.6) is 0 Å². The third-order valence-electron chi connectivity index (χ3n) is 2.61. The lowest BCUT2D eigenvalue weighted by Gasteiger charge is -2.26. The van der Waals surface area contributed by atoms with Crippen LogP contribution in [0.25, 0.3) is 0 Å². The number of rotatable bonds is 0. The van der Waals surface area contributed by atoms with Gasteiger partial charge in [0.2, 0.25) is 0 Å². The van der Waals surface area contributed by atoms with E-state index in [2.05, 4.69) is 0 Å². The first-order valence-electron chi connectivity index (χ1n) is 4.17. The molecule has 0 spiro atoms. The summed E-state index contributed by atoms with van der Waals surface area (Å²) in [4.78, 5) is 0. The molecule has 0 N–H and O–H groups in total. The van der Waals surface area contributed by atoms with E-state index in [1.54, 1.807) is 0 Å². The molecule has 0 bridgehead atoms. The topological polar surface area (TPSA) is 0 Å². The largest absolute Gasteiger partial charge is 0.412 e. The molecule has 0 amide bonds. The monoisotopic (exact) mass is 178 g/mol. The molecule has 0 nitrogen and oxygen atoms in total. The molecule has 2 atom stereocenters. The van der Waals surface area contributed by atoms with Crippen molar-refractivity contribution in [1.82, 2.24) is 0 Å². The lowest BCUT2D eigenvalue weighted by Crippen LogP contribution is -2.21. The molecule has 0 saturated carbocycles. The van der Waals surface area contributed by atoms with Crippen LogP contribution >= 0.6 is 0 Å². The summed E-state index contributed by atoms with van der Waals surface area (Å²) in [7, 11) is 0. The van der Waals surface area contributed by atoms with Gasteiger partial charge in [-0.2, -0.15) is 13.2 Å². The van der Waals surface area contributed by atoms with E-state index in [0.29, 0.717) is 12.3 Å². The minimum absolute atomic E-state index is 0.159. The van der Waals surface area contributed by atoms with Gasteiger partial charge < -0.3 is 0 Å². The first-order valence-corrected chi connectivity index (χ1v) is 4.17. The van der Waals surface area contributed by atoms with E-state index in [1.165, 1.54) is 6.08 Å². The van der Waals surface area contributed by atoms with Gasteiger partial charge in [0.15, 0.2) is 0 Å². The quantitative estimate of drug-likeness (QED) is 0.498. The van der Waals surface area contributed by atoms with Gasteiger partial charge in [-0.25, -0.2) is 0 Å². The molecular weight excluding hydrogens is 165 g/mol. The Hall–Kier alpha value is -0.470. The summed E-state index contributed by atoms with van der Waals surface area (Å²) in [5.74, 6) is 0.544. The van der Waals surface area contributed by atoms with Gasteiger partial charge in [-0.05, 0) is 24.7 Å². The van der Waals surface area contributed by atoms with Crippen LogP contribution in [0.3, 0.4) is 0 Å². The van der Waals surface area contributed by atoms with Crippen molar-refractivity contribution < 1.29 is 13.2 Å². The number of halogens is 3. The van der Waals surface area contributed by atoms with Gasteiger partial charge >= 0.3 is 6.18 Å². The molecule has 0 saturated heterocycles. The predicted octanol–water partition coefficient (Wildman–Crippen LogP) is 3.54. The van der Waals surface area contributed by atoms with Crippen LogP contribution in [-0.4, -0.2) is 6.18 Å². The van der Waals surface area contributed by atoms with Crippen LogP contribution in [0.1, 0.15) is 26.7 Å². The number of alkyl halides is 3. The fraction of sp³-hybridized carbons (Fsp3) is 0.778. The van der Waals surface area contributed by atoms with Crippen LogP contribution in [0.15, 0.2) is 11.6 Å². The zero-order valence-corrected chi connectivity index (χ0v) is 7.28. The molecule has 12 heavy (non-hydrogen) atoms. The highest BCUT2D eigenvalue weighted by molar-refractivity contribution is 5.13. The Morgan fingerprint density at radius 1 is 1.25 bits per heavy atom. The minimum Gasteiger partial charge on any atom is -0.166 e. The van der Waals surface area contributed by atoms with Gasteiger partial charge in [0.1, 0.15) is 0 Å². The highest BCUT2D eigenvalue weighted by Gasteiger charge is 2.36. The summed E-state index contributed by atoms with van der Waals surface area (Å²) in [6, 6.07) is 0. The number of allylic oxidation sites excluding steroid dienone is 2. The summed E-state index contributed by atoms with van der Waals surface area (Å²) in [5, 5.41) is 0. The molecule has 0 aliphatic heterocycles. The predicted molar refractivity (Wildman–Crippen MR) is 41.7 cm³/mol. The molecule has 0 fully saturated rings. The standard InChI is InChI=1S/C9H13F3/c1-6-3-4-8(5-7(6)2)9(10,11)12/h4,6-7H,3,5H2,1-2H3/t6-,7?/m0/s1. The average molecular weight is 178 g/mol. The SMILES string of the molecule is CC1CC(C(F)(F)F)=CC[C@@H]1C. The second kappa shape index (κ2) is 3.11. The Morgan fingerprint density at radius 3 is 2.25 bits per heavy atom. The molecular formula is C9H13F3. The second-order valence-corrected chi connectivity index (χ2v) is 3.62. The first-order chi connectivity index (χ1) is 5.41. The van der Waals surface area contributed by atoms with Gasteiger partial charge in [-0.1, -0.05) is 19.9 Å². The molecule has 1 rings (SSSR count). The van der Waals surface area contributed by atoms with E-state index in [-0.39, 0.29) is 17.9 Å². The van der Waals surface area contributed by atoms with Crippen LogP contribution in [0, 0.1) is 11.8 Å². The summed E-state index contributed by atoms with van der Waals surface area (Å²) in [5.41, 5.74) is -0.340. The van der Waals surface area contributed by atoms with Gasteiger partial charge in [-0.15, -0.1) is 0 Å². The maximum atomic E-state index is 12.2. The molecule has 1 aliphatic carbocycles. The van der Waals surface area contributed by atoms with E-state index in [4.69, 9.17) is 0 Å². The smallest absolute Gasteiger partial charge is 0.166 e. The lowest BCUT2D eigenvalue weighted by atomic mass is 9.82. The second-order valence-electron chi connectivity index (χ2n) is 3.62. The van der Waals surface area contributed by atoms with Crippen molar-refractivity contribution in [2.75, 3.05) is 0 Å². The van der Waals surface area contributed by atoms with Crippen molar-refractivity contribution in [3.05, 3.63) is 11.6 Å². The van der Waals surface area contributed by atoms with Gasteiger partial charge in [0.25, 0.3) is 0 Å². The third-order valence-corrected chi connectivity index (χ3v) is 2.61. The van der Waals surface area contributed by atoms with Crippen molar-refractivity contribution in [2.45, 2.75) is 32.9 Å². The van der Waals surface area contributed by atoms with Crippen molar-refractivity contribution in [3.63, 3.8) is 0 Å². The van der Waals surface area contributed by atoms with Crippen molar-refractivity contribution in [2.24, 2.45) is 11.8 Å². The molecule has 0 heterocycles. The Kier molecular flexibility index (Phi) is 2.49. The molecule has 0 aromatic carbocycles. The summed E-state index contributed by atoms with van der Waals surface area (Å²) < 4.78 is 36.5. The molecule has 0 radical (unpaired) electrons. The summed E-state index contributed by atoms with van der Waals surface area (Å²) in [6.07, 6.45) is -2.01. The molecule has 3 heteroatoms. The van der Waals surface area contributed by atoms with Gasteiger partial charge in [-0.3, -0.25) is 0 Å². The molecule has 1 aliphatic rings. The molecule has 1 unspecified atom stereocenters. The Morgan fingerprint density at radius 2 is 1.83 bits per heavy atom. The maximum absolute atomic E-state index is 12.2. The number of hydrogen-bond acceptors (Lipinski definition) is 0. The molecule has 0 aromatic rings. The zero-order chi connectivity index (χ0) is 9.35. The minimum atomic E-state index is -4.10. The molecule has 0 aromatic heterocycles.